The first kappa shape index (κ1) is 14.0. The number of rotatable bonds is 2. The molecule has 0 radical (unpaired) electrons. The Morgan fingerprint density at radius 3 is 2.00 bits per heavy atom. The van der Waals surface area contributed by atoms with Gasteiger partial charge in [-0.1, -0.05) is 78.9 Å². The van der Waals surface area contributed by atoms with Crippen LogP contribution >= 0.6 is 0 Å². The van der Waals surface area contributed by atoms with E-state index in [4.69, 9.17) is 5.26 Å². The summed E-state index contributed by atoms with van der Waals surface area (Å²) < 4.78 is 0. The minimum absolute atomic E-state index is 0.457. The highest BCUT2D eigenvalue weighted by Crippen LogP contribution is 2.39. The fourth-order valence-electron chi connectivity index (χ4n) is 3.88. The summed E-state index contributed by atoms with van der Waals surface area (Å²) >= 11 is 0. The Bertz CT molecular complexity index is 1240. The lowest BCUT2D eigenvalue weighted by Crippen LogP contribution is -1.88. The van der Waals surface area contributed by atoms with E-state index >= 15 is 0 Å². The minimum atomic E-state index is 0.457. The van der Waals surface area contributed by atoms with Gasteiger partial charge in [0.2, 0.25) is 0 Å². The minimum Gasteiger partial charge on any atom is -0.198 e. The molecule has 0 aromatic heterocycles. The molecular weight excluding hydrogens is 302 g/mol. The van der Waals surface area contributed by atoms with Gasteiger partial charge in [0.15, 0.2) is 0 Å². The standard InChI is InChI=1S/C24H15N/c25-15-14-16-4-6-17(7-5-16)21-12-10-20-9-8-18-2-1-3-19-11-13-22(21)24(20)23(18)19/h1-13H,14H2. The van der Waals surface area contributed by atoms with Gasteiger partial charge in [-0.25, -0.2) is 0 Å². The van der Waals surface area contributed by atoms with Gasteiger partial charge in [0.1, 0.15) is 0 Å². The summed E-state index contributed by atoms with van der Waals surface area (Å²) in [5.74, 6) is 0. The molecule has 1 heteroatoms. The molecule has 0 fully saturated rings. The summed E-state index contributed by atoms with van der Waals surface area (Å²) in [6.07, 6.45) is 0.457. The van der Waals surface area contributed by atoms with Gasteiger partial charge in [-0.2, -0.15) is 5.26 Å². The zero-order valence-electron chi connectivity index (χ0n) is 13.7. The summed E-state index contributed by atoms with van der Waals surface area (Å²) in [6.45, 7) is 0. The topological polar surface area (TPSA) is 23.8 Å². The third-order valence-corrected chi connectivity index (χ3v) is 5.08. The second kappa shape index (κ2) is 5.33. The van der Waals surface area contributed by atoms with Crippen molar-refractivity contribution in [3.05, 3.63) is 84.4 Å². The van der Waals surface area contributed by atoms with Crippen LogP contribution in [0.15, 0.2) is 78.9 Å². The van der Waals surface area contributed by atoms with E-state index in [-0.39, 0.29) is 0 Å². The van der Waals surface area contributed by atoms with Gasteiger partial charge in [-0.15, -0.1) is 0 Å². The van der Waals surface area contributed by atoms with E-state index in [1.807, 2.05) is 0 Å². The predicted molar refractivity (Wildman–Crippen MR) is 105 cm³/mol. The van der Waals surface area contributed by atoms with Gasteiger partial charge in [-0.3, -0.25) is 0 Å². The number of benzene rings is 5. The first-order valence-corrected chi connectivity index (χ1v) is 8.48. The highest BCUT2D eigenvalue weighted by Gasteiger charge is 2.11. The summed E-state index contributed by atoms with van der Waals surface area (Å²) in [6, 6.07) is 30.4. The molecule has 5 aromatic rings. The van der Waals surface area contributed by atoms with Crippen molar-refractivity contribution >= 4 is 32.3 Å². The molecule has 5 aromatic carbocycles. The Morgan fingerprint density at radius 2 is 1.28 bits per heavy atom. The van der Waals surface area contributed by atoms with Crippen LogP contribution in [0.1, 0.15) is 5.56 Å². The third kappa shape index (κ3) is 2.08. The van der Waals surface area contributed by atoms with Crippen molar-refractivity contribution < 1.29 is 0 Å². The van der Waals surface area contributed by atoms with Crippen molar-refractivity contribution in [1.29, 1.82) is 5.26 Å². The molecule has 1 nitrogen and oxygen atoms in total. The van der Waals surface area contributed by atoms with Crippen molar-refractivity contribution in [2.24, 2.45) is 0 Å². The molecule has 0 spiro atoms. The Hall–Kier alpha value is -3.37. The average Bonchev–Trinajstić information content (AvgIpc) is 2.67. The number of nitriles is 1. The van der Waals surface area contributed by atoms with Gasteiger partial charge in [-0.05, 0) is 49.0 Å². The van der Waals surface area contributed by atoms with Crippen molar-refractivity contribution in [3.63, 3.8) is 0 Å². The van der Waals surface area contributed by atoms with Crippen LogP contribution in [0.25, 0.3) is 43.4 Å². The normalized spacial score (nSPS) is 11.3. The zero-order chi connectivity index (χ0) is 16.8. The van der Waals surface area contributed by atoms with Crippen LogP contribution < -0.4 is 0 Å². The molecule has 0 heterocycles. The van der Waals surface area contributed by atoms with E-state index in [0.29, 0.717) is 6.42 Å². The van der Waals surface area contributed by atoms with E-state index in [1.54, 1.807) is 0 Å². The van der Waals surface area contributed by atoms with E-state index in [1.165, 1.54) is 43.4 Å². The third-order valence-electron chi connectivity index (χ3n) is 5.08. The molecule has 0 saturated carbocycles. The first-order valence-electron chi connectivity index (χ1n) is 8.48. The molecule has 0 atom stereocenters. The average molecular weight is 317 g/mol. The molecule has 5 rings (SSSR count). The lowest BCUT2D eigenvalue weighted by Gasteiger charge is -2.14. The van der Waals surface area contributed by atoms with Crippen LogP contribution in [0.2, 0.25) is 0 Å². The SMILES string of the molecule is N#CCc1ccc(-c2ccc3ccc4cccc5ccc2c3c45)cc1. The number of nitrogens with zero attached hydrogens (tertiary/aromatic N) is 1. The Labute approximate surface area is 146 Å². The summed E-state index contributed by atoms with van der Waals surface area (Å²) in [5.41, 5.74) is 3.50. The van der Waals surface area contributed by atoms with Gasteiger partial charge in [0, 0.05) is 0 Å². The maximum absolute atomic E-state index is 8.85. The van der Waals surface area contributed by atoms with E-state index in [9.17, 15) is 0 Å². The maximum Gasteiger partial charge on any atom is 0.0669 e. The van der Waals surface area contributed by atoms with Crippen molar-refractivity contribution in [2.45, 2.75) is 6.42 Å². The fraction of sp³-hybridized carbons (Fsp3) is 0.0417. The molecule has 0 bridgehead atoms. The fourth-order valence-corrected chi connectivity index (χ4v) is 3.88. The molecule has 25 heavy (non-hydrogen) atoms. The predicted octanol–water partition coefficient (Wildman–Crippen LogP) is 6.32. The van der Waals surface area contributed by atoms with Crippen LogP contribution in [-0.2, 0) is 6.42 Å². The second-order valence-electron chi connectivity index (χ2n) is 6.50. The molecule has 116 valence electrons. The Kier molecular flexibility index (Phi) is 2.99. The molecule has 0 aliphatic heterocycles. The lowest BCUT2D eigenvalue weighted by atomic mass is 9.90. The quantitative estimate of drug-likeness (QED) is 0.350. The molecule has 0 amide bonds. The second-order valence-corrected chi connectivity index (χ2v) is 6.50. The van der Waals surface area contributed by atoms with Crippen LogP contribution in [0.4, 0.5) is 0 Å². The molecule has 0 N–H and O–H groups in total. The summed E-state index contributed by atoms with van der Waals surface area (Å²) in [5, 5.41) is 16.7. The lowest BCUT2D eigenvalue weighted by molar-refractivity contribution is 1.26. The summed E-state index contributed by atoms with van der Waals surface area (Å²) in [7, 11) is 0. The largest absolute Gasteiger partial charge is 0.198 e. The first-order chi connectivity index (χ1) is 12.3. The highest BCUT2D eigenvalue weighted by atomic mass is 14.2. The molecule has 0 aliphatic carbocycles. The molecule has 0 saturated heterocycles. The zero-order valence-corrected chi connectivity index (χ0v) is 13.7. The van der Waals surface area contributed by atoms with Gasteiger partial charge in [0.25, 0.3) is 0 Å². The number of hydrogen-bond donors (Lipinski definition) is 0. The van der Waals surface area contributed by atoms with E-state index in [2.05, 4.69) is 84.9 Å². The van der Waals surface area contributed by atoms with Crippen LogP contribution in [-0.4, -0.2) is 0 Å². The highest BCUT2D eigenvalue weighted by molar-refractivity contribution is 6.25. The molecule has 0 aliphatic rings. The van der Waals surface area contributed by atoms with Crippen molar-refractivity contribution in [1.82, 2.24) is 0 Å². The Morgan fingerprint density at radius 1 is 0.640 bits per heavy atom. The van der Waals surface area contributed by atoms with Gasteiger partial charge in [0.05, 0.1) is 12.5 Å². The molecule has 0 unspecified atom stereocenters. The monoisotopic (exact) mass is 317 g/mol. The summed E-state index contributed by atoms with van der Waals surface area (Å²) in [4.78, 5) is 0. The van der Waals surface area contributed by atoms with Crippen LogP contribution in [0, 0.1) is 11.3 Å². The van der Waals surface area contributed by atoms with Crippen LogP contribution in [0.5, 0.6) is 0 Å². The van der Waals surface area contributed by atoms with Gasteiger partial charge >= 0.3 is 0 Å². The van der Waals surface area contributed by atoms with E-state index < -0.39 is 0 Å². The number of hydrogen-bond acceptors (Lipinski definition) is 1. The molecular formula is C24H15N. The Balaban J connectivity index is 1.83. The van der Waals surface area contributed by atoms with E-state index in [0.717, 1.165) is 5.56 Å². The van der Waals surface area contributed by atoms with Crippen LogP contribution in [0.3, 0.4) is 0 Å². The van der Waals surface area contributed by atoms with Crippen molar-refractivity contribution in [3.8, 4) is 17.2 Å². The van der Waals surface area contributed by atoms with Gasteiger partial charge < -0.3 is 0 Å². The maximum atomic E-state index is 8.85. The smallest absolute Gasteiger partial charge is 0.0669 e. The van der Waals surface area contributed by atoms with Crippen molar-refractivity contribution in [2.75, 3.05) is 0 Å².